The Bertz CT molecular complexity index is 761. The molecular weight excluding hydrogens is 512 g/mol. The van der Waals surface area contributed by atoms with Crippen molar-refractivity contribution in [3.63, 3.8) is 0 Å². The van der Waals surface area contributed by atoms with Gasteiger partial charge < -0.3 is 25.5 Å². The highest BCUT2D eigenvalue weighted by Crippen LogP contribution is 2.18. The molecule has 7 nitrogen and oxygen atoms in total. The summed E-state index contributed by atoms with van der Waals surface area (Å²) in [7, 11) is 0. The summed E-state index contributed by atoms with van der Waals surface area (Å²) in [6.45, 7) is 9.24. The van der Waals surface area contributed by atoms with Gasteiger partial charge in [-0.15, -0.1) is 0 Å². The third-order valence-electron chi connectivity index (χ3n) is 8.02. The average molecular weight is 575 g/mol. The van der Waals surface area contributed by atoms with Crippen LogP contribution in [0.2, 0.25) is 0 Å². The fraction of sp³-hybridized carbons (Fsp3) is 0.794. The van der Waals surface area contributed by atoms with E-state index in [2.05, 4.69) is 29.0 Å². The molecule has 0 radical (unpaired) electrons. The van der Waals surface area contributed by atoms with E-state index in [4.69, 9.17) is 10.5 Å². The van der Waals surface area contributed by atoms with Crippen molar-refractivity contribution in [1.29, 1.82) is 0 Å². The van der Waals surface area contributed by atoms with Crippen LogP contribution in [-0.4, -0.2) is 54.9 Å². The molecule has 1 aromatic rings. The summed E-state index contributed by atoms with van der Waals surface area (Å²) in [4.78, 5) is 29.5. The van der Waals surface area contributed by atoms with Gasteiger partial charge in [-0.1, -0.05) is 84.5 Å². The smallest absolute Gasteiger partial charge is 0.305 e. The number of nitrogens with one attached hydrogen (secondary N) is 1. The summed E-state index contributed by atoms with van der Waals surface area (Å²) >= 11 is 0. The van der Waals surface area contributed by atoms with Crippen molar-refractivity contribution in [1.82, 2.24) is 9.88 Å². The molecule has 0 aliphatic carbocycles. The SMILES string of the molecule is CCCCCC(CC)CCOC(=O)CCCCCCCN(CCCCCCCC=O)CCCNc1ncccc1N. The van der Waals surface area contributed by atoms with E-state index >= 15 is 0 Å². The van der Waals surface area contributed by atoms with Crippen LogP contribution < -0.4 is 11.1 Å². The van der Waals surface area contributed by atoms with Crippen molar-refractivity contribution >= 4 is 23.8 Å². The highest BCUT2D eigenvalue weighted by Gasteiger charge is 2.09. The van der Waals surface area contributed by atoms with Crippen LogP contribution in [0.25, 0.3) is 0 Å². The van der Waals surface area contributed by atoms with Gasteiger partial charge in [-0.25, -0.2) is 4.98 Å². The summed E-state index contributed by atoms with van der Waals surface area (Å²) < 4.78 is 5.52. The zero-order valence-corrected chi connectivity index (χ0v) is 26.6. The van der Waals surface area contributed by atoms with Gasteiger partial charge in [0.1, 0.15) is 12.1 Å². The lowest BCUT2D eigenvalue weighted by molar-refractivity contribution is -0.144. The molecule has 3 N–H and O–H groups in total. The standard InChI is InChI=1S/C34H62N4O3/c1-3-5-13-20-31(4-2)23-30-41-33(40)22-14-9-8-11-16-27-38(26-15-10-6-7-12-17-29-39)28-19-25-37-34-32(35)21-18-24-36-34/h18,21,24,29,31H,3-17,19-20,22-23,25-28,30,35H2,1-2H3,(H,36,37). The number of nitrogens with two attached hydrogens (primary N) is 1. The molecule has 0 bridgehead atoms. The van der Waals surface area contributed by atoms with Gasteiger partial charge in [0.2, 0.25) is 0 Å². The number of hydrogen-bond acceptors (Lipinski definition) is 7. The van der Waals surface area contributed by atoms with Gasteiger partial charge in [-0.2, -0.15) is 0 Å². The maximum atomic E-state index is 12.1. The van der Waals surface area contributed by atoms with E-state index in [-0.39, 0.29) is 5.97 Å². The quantitative estimate of drug-likeness (QED) is 0.0565. The molecule has 0 spiro atoms. The predicted molar refractivity (Wildman–Crippen MR) is 173 cm³/mol. The first-order valence-electron chi connectivity index (χ1n) is 16.9. The molecule has 1 heterocycles. The van der Waals surface area contributed by atoms with Gasteiger partial charge in [-0.3, -0.25) is 4.79 Å². The Morgan fingerprint density at radius 3 is 2.29 bits per heavy atom. The molecule has 0 fully saturated rings. The van der Waals surface area contributed by atoms with Crippen LogP contribution in [0.4, 0.5) is 11.5 Å². The van der Waals surface area contributed by atoms with Gasteiger partial charge in [0.05, 0.1) is 12.3 Å². The summed E-state index contributed by atoms with van der Waals surface area (Å²) in [6, 6.07) is 3.73. The van der Waals surface area contributed by atoms with Crippen LogP contribution in [0.5, 0.6) is 0 Å². The molecule has 1 aromatic heterocycles. The topological polar surface area (TPSA) is 97.5 Å². The van der Waals surface area contributed by atoms with Gasteiger partial charge in [0.15, 0.2) is 0 Å². The number of unbranched alkanes of at least 4 members (excludes halogenated alkanes) is 11. The van der Waals surface area contributed by atoms with Crippen LogP contribution in [0, 0.1) is 5.92 Å². The molecule has 1 atom stereocenters. The third-order valence-corrected chi connectivity index (χ3v) is 8.02. The van der Waals surface area contributed by atoms with Crippen LogP contribution in [-0.2, 0) is 14.3 Å². The van der Waals surface area contributed by atoms with Crippen LogP contribution >= 0.6 is 0 Å². The zero-order valence-electron chi connectivity index (χ0n) is 26.6. The maximum Gasteiger partial charge on any atom is 0.305 e. The first kappa shape index (κ1) is 36.9. The molecule has 0 amide bonds. The Balaban J connectivity index is 2.19. The Morgan fingerprint density at radius 1 is 0.927 bits per heavy atom. The van der Waals surface area contributed by atoms with Crippen molar-refractivity contribution in [2.45, 2.75) is 136 Å². The van der Waals surface area contributed by atoms with Crippen molar-refractivity contribution < 1.29 is 14.3 Å². The molecule has 1 unspecified atom stereocenters. The van der Waals surface area contributed by atoms with Crippen molar-refractivity contribution in [2.24, 2.45) is 5.92 Å². The van der Waals surface area contributed by atoms with E-state index in [1.165, 1.54) is 70.6 Å². The molecule has 7 heteroatoms. The monoisotopic (exact) mass is 574 g/mol. The lowest BCUT2D eigenvalue weighted by Gasteiger charge is -2.22. The largest absolute Gasteiger partial charge is 0.466 e. The normalized spacial score (nSPS) is 12.0. The number of nitrogens with zero attached hydrogens (tertiary/aromatic N) is 2. The van der Waals surface area contributed by atoms with E-state index in [0.717, 1.165) is 76.8 Å². The van der Waals surface area contributed by atoms with Crippen LogP contribution in [0.15, 0.2) is 18.3 Å². The third kappa shape index (κ3) is 21.2. The average Bonchev–Trinajstić information content (AvgIpc) is 2.98. The van der Waals surface area contributed by atoms with Gasteiger partial charge >= 0.3 is 5.97 Å². The minimum absolute atomic E-state index is 0.0215. The molecule has 1 rings (SSSR count). The van der Waals surface area contributed by atoms with Crippen molar-refractivity contribution in [2.75, 3.05) is 43.8 Å². The molecule has 0 saturated carbocycles. The molecule has 236 valence electrons. The minimum atomic E-state index is -0.0215. The number of aromatic nitrogens is 1. The van der Waals surface area contributed by atoms with E-state index in [1.807, 2.05) is 12.1 Å². The number of anilines is 2. The van der Waals surface area contributed by atoms with Gasteiger partial charge in [0.25, 0.3) is 0 Å². The van der Waals surface area contributed by atoms with Gasteiger partial charge in [0, 0.05) is 25.6 Å². The van der Waals surface area contributed by atoms with Gasteiger partial charge in [-0.05, 0) is 76.2 Å². The zero-order chi connectivity index (χ0) is 29.8. The number of ether oxygens (including phenoxy) is 1. The van der Waals surface area contributed by atoms with Crippen molar-refractivity contribution in [3.8, 4) is 0 Å². The molecular formula is C34H62N4O3. The Hall–Kier alpha value is -2.15. The number of rotatable bonds is 29. The number of carbonyl (C=O) groups is 2. The number of carbonyl (C=O) groups excluding carboxylic acids is 2. The van der Waals surface area contributed by atoms with Crippen molar-refractivity contribution in [3.05, 3.63) is 18.3 Å². The van der Waals surface area contributed by atoms with E-state index < -0.39 is 0 Å². The van der Waals surface area contributed by atoms with E-state index in [9.17, 15) is 9.59 Å². The van der Waals surface area contributed by atoms with Crippen LogP contribution in [0.3, 0.4) is 0 Å². The Labute approximate surface area is 251 Å². The molecule has 0 aliphatic heterocycles. The number of esters is 1. The number of hydrogen-bond donors (Lipinski definition) is 2. The molecule has 0 saturated heterocycles. The lowest BCUT2D eigenvalue weighted by Crippen LogP contribution is -2.28. The fourth-order valence-corrected chi connectivity index (χ4v) is 5.29. The van der Waals surface area contributed by atoms with E-state index in [0.29, 0.717) is 31.1 Å². The summed E-state index contributed by atoms with van der Waals surface area (Å²) in [5.74, 6) is 1.44. The van der Waals surface area contributed by atoms with Crippen LogP contribution in [0.1, 0.15) is 136 Å². The highest BCUT2D eigenvalue weighted by atomic mass is 16.5. The fourth-order valence-electron chi connectivity index (χ4n) is 5.29. The molecule has 41 heavy (non-hydrogen) atoms. The predicted octanol–water partition coefficient (Wildman–Crippen LogP) is 8.19. The number of aldehydes is 1. The summed E-state index contributed by atoms with van der Waals surface area (Å²) in [5.41, 5.74) is 6.68. The first-order chi connectivity index (χ1) is 20.1. The lowest BCUT2D eigenvalue weighted by atomic mass is 9.96. The minimum Gasteiger partial charge on any atom is -0.466 e. The second-order valence-corrected chi connectivity index (χ2v) is 11.6. The van der Waals surface area contributed by atoms with E-state index in [1.54, 1.807) is 6.20 Å². The second-order valence-electron chi connectivity index (χ2n) is 11.6. The first-order valence-corrected chi connectivity index (χ1v) is 16.9. The molecule has 0 aromatic carbocycles. The number of nitrogen functional groups attached to an aromatic ring is 1. The second kappa shape index (κ2) is 26.7. The maximum absolute atomic E-state index is 12.1. The number of pyridine rings is 1. The Morgan fingerprint density at radius 2 is 1.61 bits per heavy atom. The molecule has 0 aliphatic rings. The summed E-state index contributed by atoms with van der Waals surface area (Å²) in [6.07, 6.45) is 23.8. The summed E-state index contributed by atoms with van der Waals surface area (Å²) in [5, 5.41) is 3.37. The highest BCUT2D eigenvalue weighted by molar-refractivity contribution is 5.69. The Kier molecular flexibility index (Phi) is 24.0.